The van der Waals surface area contributed by atoms with Crippen LogP contribution < -0.4 is 10.1 Å². The van der Waals surface area contributed by atoms with Crippen LogP contribution in [0.3, 0.4) is 0 Å². The SMILES string of the molecule is COc1ccccc1NC(=O)c1cc([N+](=O)[O-])c(F)c(F)c1F. The highest BCUT2D eigenvalue weighted by Crippen LogP contribution is 2.28. The lowest BCUT2D eigenvalue weighted by molar-refractivity contribution is -0.387. The fourth-order valence-electron chi connectivity index (χ4n) is 1.83. The van der Waals surface area contributed by atoms with Crippen LogP contribution in [0.2, 0.25) is 0 Å². The number of carbonyl (C=O) groups is 1. The lowest BCUT2D eigenvalue weighted by atomic mass is 10.1. The van der Waals surface area contributed by atoms with Crippen LogP contribution in [0.4, 0.5) is 24.5 Å². The Balaban J connectivity index is 2.45. The molecule has 0 fully saturated rings. The molecule has 0 bridgehead atoms. The molecule has 0 aliphatic heterocycles. The Kier molecular flexibility index (Phi) is 4.49. The summed E-state index contributed by atoms with van der Waals surface area (Å²) in [6, 6.07) is 6.40. The molecule has 2 rings (SSSR count). The van der Waals surface area contributed by atoms with Gasteiger partial charge in [0.1, 0.15) is 5.75 Å². The van der Waals surface area contributed by atoms with Gasteiger partial charge in [-0.05, 0) is 12.1 Å². The number of rotatable bonds is 4. The van der Waals surface area contributed by atoms with Gasteiger partial charge in [-0.1, -0.05) is 12.1 Å². The molecule has 1 N–H and O–H groups in total. The van der Waals surface area contributed by atoms with Crippen molar-refractivity contribution in [2.75, 3.05) is 12.4 Å². The molecule has 0 atom stereocenters. The summed E-state index contributed by atoms with van der Waals surface area (Å²) in [6.45, 7) is 0. The first-order valence-electron chi connectivity index (χ1n) is 6.13. The van der Waals surface area contributed by atoms with Gasteiger partial charge < -0.3 is 10.1 Å². The number of halogens is 3. The zero-order chi connectivity index (χ0) is 17.1. The van der Waals surface area contributed by atoms with Crippen molar-refractivity contribution in [3.8, 4) is 5.75 Å². The molecule has 2 aromatic rings. The van der Waals surface area contributed by atoms with Gasteiger partial charge in [0.15, 0.2) is 5.82 Å². The first-order chi connectivity index (χ1) is 10.9. The molecule has 120 valence electrons. The molecule has 9 heteroatoms. The second-order valence-corrected chi connectivity index (χ2v) is 4.30. The zero-order valence-corrected chi connectivity index (χ0v) is 11.6. The number of ether oxygens (including phenoxy) is 1. The van der Waals surface area contributed by atoms with Crippen molar-refractivity contribution in [2.24, 2.45) is 0 Å². The van der Waals surface area contributed by atoms with Crippen LogP contribution in [0.15, 0.2) is 30.3 Å². The highest BCUT2D eigenvalue weighted by molar-refractivity contribution is 6.05. The highest BCUT2D eigenvalue weighted by Gasteiger charge is 2.28. The van der Waals surface area contributed by atoms with E-state index in [4.69, 9.17) is 4.74 Å². The topological polar surface area (TPSA) is 81.5 Å². The van der Waals surface area contributed by atoms with Crippen molar-refractivity contribution in [3.05, 3.63) is 63.5 Å². The number of nitrogens with one attached hydrogen (secondary N) is 1. The van der Waals surface area contributed by atoms with Crippen LogP contribution in [-0.4, -0.2) is 17.9 Å². The van der Waals surface area contributed by atoms with Crippen LogP contribution in [0.25, 0.3) is 0 Å². The number of amides is 1. The Hall–Kier alpha value is -3.10. The van der Waals surface area contributed by atoms with Crippen molar-refractivity contribution in [2.45, 2.75) is 0 Å². The summed E-state index contributed by atoms with van der Waals surface area (Å²) in [5.74, 6) is -6.83. The number of nitrogens with zero attached hydrogens (tertiary/aromatic N) is 1. The molecule has 0 unspecified atom stereocenters. The second-order valence-electron chi connectivity index (χ2n) is 4.30. The largest absolute Gasteiger partial charge is 0.495 e. The lowest BCUT2D eigenvalue weighted by Gasteiger charge is -2.10. The summed E-state index contributed by atoms with van der Waals surface area (Å²) >= 11 is 0. The minimum absolute atomic E-state index is 0.131. The summed E-state index contributed by atoms with van der Waals surface area (Å²) in [5, 5.41) is 12.9. The number of anilines is 1. The quantitative estimate of drug-likeness (QED) is 0.531. The fourth-order valence-corrected chi connectivity index (χ4v) is 1.83. The maximum atomic E-state index is 13.7. The maximum Gasteiger partial charge on any atom is 0.308 e. The predicted octanol–water partition coefficient (Wildman–Crippen LogP) is 3.27. The van der Waals surface area contributed by atoms with E-state index in [2.05, 4.69) is 5.32 Å². The van der Waals surface area contributed by atoms with Crippen molar-refractivity contribution >= 4 is 17.3 Å². The van der Waals surface area contributed by atoms with E-state index in [9.17, 15) is 28.1 Å². The highest BCUT2D eigenvalue weighted by atomic mass is 19.2. The number of para-hydroxylation sites is 2. The Labute approximate surface area is 127 Å². The summed E-state index contributed by atoms with van der Waals surface area (Å²) in [7, 11) is 1.33. The molecule has 2 aromatic carbocycles. The summed E-state index contributed by atoms with van der Waals surface area (Å²) in [6.07, 6.45) is 0. The van der Waals surface area contributed by atoms with E-state index in [1.807, 2.05) is 0 Å². The van der Waals surface area contributed by atoms with E-state index < -0.39 is 39.5 Å². The molecule has 6 nitrogen and oxygen atoms in total. The standard InChI is InChI=1S/C14H9F3N2O4/c1-23-10-5-3-2-4-8(10)18-14(20)7-6-9(19(21)22)12(16)13(17)11(7)15/h2-6H,1H3,(H,18,20). The van der Waals surface area contributed by atoms with E-state index in [0.29, 0.717) is 6.07 Å². The van der Waals surface area contributed by atoms with Crippen LogP contribution in [0.1, 0.15) is 10.4 Å². The normalized spacial score (nSPS) is 10.3. The molecule has 0 spiro atoms. The number of nitro groups is 1. The number of hydrogen-bond acceptors (Lipinski definition) is 4. The Morgan fingerprint density at radius 3 is 2.43 bits per heavy atom. The number of hydrogen-bond donors (Lipinski definition) is 1. The van der Waals surface area contributed by atoms with Gasteiger partial charge in [-0.2, -0.15) is 4.39 Å². The predicted molar refractivity (Wildman–Crippen MR) is 73.9 cm³/mol. The Morgan fingerprint density at radius 2 is 1.83 bits per heavy atom. The van der Waals surface area contributed by atoms with E-state index >= 15 is 0 Å². The summed E-state index contributed by atoms with van der Waals surface area (Å²) in [5.41, 5.74) is -2.21. The molecule has 0 radical (unpaired) electrons. The van der Waals surface area contributed by atoms with E-state index in [1.54, 1.807) is 12.1 Å². The fraction of sp³-hybridized carbons (Fsp3) is 0.0714. The minimum atomic E-state index is -2.09. The van der Waals surface area contributed by atoms with Gasteiger partial charge in [-0.15, -0.1) is 0 Å². The summed E-state index contributed by atoms with van der Waals surface area (Å²) < 4.78 is 45.4. The molecule has 0 heterocycles. The molecule has 1 amide bonds. The van der Waals surface area contributed by atoms with Gasteiger partial charge in [0, 0.05) is 6.07 Å². The van der Waals surface area contributed by atoms with Gasteiger partial charge in [0.05, 0.1) is 23.3 Å². The number of benzene rings is 2. The van der Waals surface area contributed by atoms with Gasteiger partial charge in [0.2, 0.25) is 11.6 Å². The van der Waals surface area contributed by atoms with Crippen molar-refractivity contribution < 1.29 is 27.6 Å². The molecule has 23 heavy (non-hydrogen) atoms. The van der Waals surface area contributed by atoms with E-state index in [0.717, 1.165) is 0 Å². The van der Waals surface area contributed by atoms with E-state index in [-0.39, 0.29) is 11.4 Å². The van der Waals surface area contributed by atoms with Crippen LogP contribution in [0.5, 0.6) is 5.75 Å². The molecule has 0 aromatic heterocycles. The van der Waals surface area contributed by atoms with Crippen molar-refractivity contribution in [1.29, 1.82) is 0 Å². The maximum absolute atomic E-state index is 13.7. The molecular formula is C14H9F3N2O4. The van der Waals surface area contributed by atoms with Crippen LogP contribution in [0, 0.1) is 27.6 Å². The van der Waals surface area contributed by atoms with Crippen LogP contribution in [-0.2, 0) is 0 Å². The third-order valence-electron chi connectivity index (χ3n) is 2.92. The molecular weight excluding hydrogens is 317 g/mol. The van der Waals surface area contributed by atoms with Gasteiger partial charge in [-0.25, -0.2) is 8.78 Å². The van der Waals surface area contributed by atoms with Gasteiger partial charge in [0.25, 0.3) is 5.91 Å². The van der Waals surface area contributed by atoms with Crippen molar-refractivity contribution in [3.63, 3.8) is 0 Å². The monoisotopic (exact) mass is 326 g/mol. The van der Waals surface area contributed by atoms with Gasteiger partial charge >= 0.3 is 5.69 Å². The zero-order valence-electron chi connectivity index (χ0n) is 11.6. The molecule has 0 aliphatic carbocycles. The lowest BCUT2D eigenvalue weighted by Crippen LogP contribution is -2.16. The smallest absolute Gasteiger partial charge is 0.308 e. The Bertz CT molecular complexity index is 796. The molecule has 0 aliphatic rings. The second kappa shape index (κ2) is 6.34. The third kappa shape index (κ3) is 3.07. The average Bonchev–Trinajstić information content (AvgIpc) is 2.52. The van der Waals surface area contributed by atoms with Crippen molar-refractivity contribution in [1.82, 2.24) is 0 Å². The number of carbonyl (C=O) groups excluding carboxylic acids is 1. The molecule has 0 saturated heterocycles. The average molecular weight is 326 g/mol. The van der Waals surface area contributed by atoms with E-state index in [1.165, 1.54) is 19.2 Å². The number of nitro benzene ring substituents is 1. The first-order valence-corrected chi connectivity index (χ1v) is 6.13. The minimum Gasteiger partial charge on any atom is -0.495 e. The molecule has 0 saturated carbocycles. The third-order valence-corrected chi connectivity index (χ3v) is 2.92. The van der Waals surface area contributed by atoms with Gasteiger partial charge in [-0.3, -0.25) is 14.9 Å². The Morgan fingerprint density at radius 1 is 1.17 bits per heavy atom. The number of methoxy groups -OCH3 is 1. The van der Waals surface area contributed by atoms with Crippen LogP contribution >= 0.6 is 0 Å². The first kappa shape index (κ1) is 16.3. The summed E-state index contributed by atoms with van der Waals surface area (Å²) in [4.78, 5) is 21.4.